The second-order valence-corrected chi connectivity index (χ2v) is 8.92. The van der Waals surface area contributed by atoms with Crippen molar-refractivity contribution in [3.05, 3.63) is 107 Å². The van der Waals surface area contributed by atoms with E-state index >= 15 is 0 Å². The van der Waals surface area contributed by atoms with Crippen LogP contribution in [0, 0.1) is 5.92 Å². The third-order valence-corrected chi connectivity index (χ3v) is 6.85. The maximum absolute atomic E-state index is 11.9. The van der Waals surface area contributed by atoms with E-state index in [0.29, 0.717) is 18.4 Å². The molecular formula is C30H27NO2. The lowest BCUT2D eigenvalue weighted by Crippen LogP contribution is -2.14. The summed E-state index contributed by atoms with van der Waals surface area (Å²) >= 11 is 0. The molecule has 1 aromatic heterocycles. The molecule has 5 rings (SSSR count). The van der Waals surface area contributed by atoms with E-state index in [9.17, 15) is 9.90 Å². The Labute approximate surface area is 194 Å². The number of fused-ring (bicyclic) bond motifs is 2. The molecule has 3 heteroatoms. The molecule has 0 spiro atoms. The summed E-state index contributed by atoms with van der Waals surface area (Å²) in [5, 5.41) is 13.4. The van der Waals surface area contributed by atoms with E-state index in [1.165, 1.54) is 21.9 Å². The molecule has 3 nitrogen and oxygen atoms in total. The summed E-state index contributed by atoms with van der Waals surface area (Å²) in [7, 11) is 0. The van der Waals surface area contributed by atoms with Crippen LogP contribution in [0.3, 0.4) is 0 Å². The zero-order valence-corrected chi connectivity index (χ0v) is 18.8. The molecule has 0 fully saturated rings. The molecule has 1 N–H and O–H groups in total. The average Bonchev–Trinajstić information content (AvgIpc) is 2.82. The zero-order valence-electron chi connectivity index (χ0n) is 18.8. The molecule has 0 aliphatic heterocycles. The highest BCUT2D eigenvalue weighted by Crippen LogP contribution is 2.37. The van der Waals surface area contributed by atoms with Gasteiger partial charge in [0.05, 0.1) is 5.52 Å². The van der Waals surface area contributed by atoms with Gasteiger partial charge >= 0.3 is 5.97 Å². The number of carboxylic acid groups (broad SMARTS) is 1. The SMILES string of the molecule is C/C1=C(\C(=O)O)CCC(Cc2cccc3ccccc23)/C(c2cnc3ccccc3c2)=C\C1. The molecule has 1 aliphatic rings. The van der Waals surface area contributed by atoms with Crippen molar-refractivity contribution < 1.29 is 9.90 Å². The summed E-state index contributed by atoms with van der Waals surface area (Å²) in [4.78, 5) is 16.6. The average molecular weight is 434 g/mol. The fourth-order valence-corrected chi connectivity index (χ4v) is 5.06. The first-order valence-corrected chi connectivity index (χ1v) is 11.5. The Morgan fingerprint density at radius 1 is 1.00 bits per heavy atom. The van der Waals surface area contributed by atoms with Gasteiger partial charge in [0.2, 0.25) is 0 Å². The topological polar surface area (TPSA) is 50.2 Å². The highest BCUT2D eigenvalue weighted by atomic mass is 16.4. The number of benzene rings is 3. The normalized spacial score (nSPS) is 20.8. The van der Waals surface area contributed by atoms with Crippen molar-refractivity contribution in [2.45, 2.75) is 32.6 Å². The van der Waals surface area contributed by atoms with Crippen molar-refractivity contribution in [2.24, 2.45) is 5.92 Å². The monoisotopic (exact) mass is 433 g/mol. The molecule has 33 heavy (non-hydrogen) atoms. The summed E-state index contributed by atoms with van der Waals surface area (Å²) in [5.74, 6) is -0.582. The lowest BCUT2D eigenvalue weighted by Gasteiger charge is -2.25. The van der Waals surface area contributed by atoms with Crippen LogP contribution in [-0.2, 0) is 11.2 Å². The van der Waals surface area contributed by atoms with Gasteiger partial charge in [-0.15, -0.1) is 0 Å². The number of carbonyl (C=O) groups is 1. The van der Waals surface area contributed by atoms with Crippen LogP contribution in [0.2, 0.25) is 0 Å². The fourth-order valence-electron chi connectivity index (χ4n) is 5.06. The zero-order chi connectivity index (χ0) is 22.8. The number of carboxylic acids is 1. The summed E-state index contributed by atoms with van der Waals surface area (Å²) < 4.78 is 0. The van der Waals surface area contributed by atoms with Crippen molar-refractivity contribution in [1.29, 1.82) is 0 Å². The molecule has 0 saturated heterocycles. The predicted molar refractivity (Wildman–Crippen MR) is 135 cm³/mol. The first kappa shape index (κ1) is 21.1. The first-order valence-electron chi connectivity index (χ1n) is 11.5. The van der Waals surface area contributed by atoms with Crippen molar-refractivity contribution in [3.63, 3.8) is 0 Å². The van der Waals surface area contributed by atoms with E-state index in [0.717, 1.165) is 34.9 Å². The third kappa shape index (κ3) is 4.31. The van der Waals surface area contributed by atoms with Crippen molar-refractivity contribution in [2.75, 3.05) is 0 Å². The Balaban J connectivity index is 1.60. The largest absolute Gasteiger partial charge is 0.478 e. The summed E-state index contributed by atoms with van der Waals surface area (Å²) in [5.41, 5.74) is 6.19. The number of aliphatic carboxylic acids is 1. The molecule has 1 atom stereocenters. The van der Waals surface area contributed by atoms with Crippen LogP contribution >= 0.6 is 0 Å². The molecule has 164 valence electrons. The van der Waals surface area contributed by atoms with Gasteiger partial charge < -0.3 is 5.11 Å². The van der Waals surface area contributed by atoms with Crippen LogP contribution in [-0.4, -0.2) is 16.1 Å². The van der Waals surface area contributed by atoms with Gasteiger partial charge in [-0.1, -0.05) is 72.3 Å². The third-order valence-electron chi connectivity index (χ3n) is 6.85. The van der Waals surface area contributed by atoms with E-state index in [2.05, 4.69) is 60.7 Å². The molecule has 1 aliphatic carbocycles. The van der Waals surface area contributed by atoms with E-state index in [1.54, 1.807) is 0 Å². The molecular weight excluding hydrogens is 406 g/mol. The van der Waals surface area contributed by atoms with Gasteiger partial charge in [0.15, 0.2) is 0 Å². The number of hydrogen-bond donors (Lipinski definition) is 1. The van der Waals surface area contributed by atoms with Gasteiger partial charge in [0.25, 0.3) is 0 Å². The standard InChI is InChI=1S/C30H27NO2/c1-20-13-15-28(25-18-24-8-3-5-12-29(24)31-19-25)23(14-16-26(20)30(32)33)17-22-10-6-9-21-7-2-4-11-27(21)22/h2-12,15,18-19,23H,13-14,16-17H2,1H3,(H,32,33)/b26-20+,28-15+. The predicted octanol–water partition coefficient (Wildman–Crippen LogP) is 7.22. The van der Waals surface area contributed by atoms with Crippen molar-refractivity contribution in [1.82, 2.24) is 4.98 Å². The molecule has 0 amide bonds. The Morgan fingerprint density at radius 2 is 1.76 bits per heavy atom. The first-order chi connectivity index (χ1) is 16.1. The highest BCUT2D eigenvalue weighted by molar-refractivity contribution is 5.89. The second kappa shape index (κ2) is 9.03. The minimum atomic E-state index is -0.791. The maximum atomic E-state index is 11.9. The van der Waals surface area contributed by atoms with Gasteiger partial charge in [-0.2, -0.15) is 0 Å². The van der Waals surface area contributed by atoms with E-state index in [1.807, 2.05) is 31.3 Å². The number of rotatable bonds is 4. The van der Waals surface area contributed by atoms with Crippen LogP contribution in [0.15, 0.2) is 96.2 Å². The van der Waals surface area contributed by atoms with E-state index in [-0.39, 0.29) is 5.92 Å². The second-order valence-electron chi connectivity index (χ2n) is 8.92. The molecule has 0 saturated carbocycles. The van der Waals surface area contributed by atoms with Crippen molar-refractivity contribution >= 4 is 33.2 Å². The summed E-state index contributed by atoms with van der Waals surface area (Å²) in [6.07, 6.45) is 7.10. The van der Waals surface area contributed by atoms with Gasteiger partial charge in [-0.25, -0.2) is 4.79 Å². The van der Waals surface area contributed by atoms with Crippen molar-refractivity contribution in [3.8, 4) is 0 Å². The number of nitrogens with zero attached hydrogens (tertiary/aromatic N) is 1. The number of aromatic nitrogens is 1. The van der Waals surface area contributed by atoms with Gasteiger partial charge in [0.1, 0.15) is 0 Å². The Kier molecular flexibility index (Phi) is 5.78. The van der Waals surface area contributed by atoms with E-state index in [4.69, 9.17) is 4.98 Å². The lowest BCUT2D eigenvalue weighted by molar-refractivity contribution is -0.132. The number of pyridine rings is 1. The van der Waals surface area contributed by atoms with Gasteiger partial charge in [-0.05, 0) is 78.1 Å². The summed E-state index contributed by atoms with van der Waals surface area (Å²) in [6, 6.07) is 25.4. The quantitative estimate of drug-likeness (QED) is 0.370. The van der Waals surface area contributed by atoms with Gasteiger partial charge in [0, 0.05) is 17.2 Å². The van der Waals surface area contributed by atoms with Crippen LogP contribution in [0.1, 0.15) is 37.3 Å². The molecule has 0 bridgehead atoms. The van der Waals surface area contributed by atoms with Crippen LogP contribution in [0.25, 0.3) is 27.2 Å². The smallest absolute Gasteiger partial charge is 0.331 e. The Morgan fingerprint density at radius 3 is 2.61 bits per heavy atom. The number of hydrogen-bond acceptors (Lipinski definition) is 2. The number of para-hydroxylation sites is 1. The minimum Gasteiger partial charge on any atom is -0.478 e. The molecule has 0 radical (unpaired) electrons. The van der Waals surface area contributed by atoms with Gasteiger partial charge in [-0.3, -0.25) is 4.98 Å². The fraction of sp³-hybridized carbons (Fsp3) is 0.200. The van der Waals surface area contributed by atoms with Crippen LogP contribution in [0.5, 0.6) is 0 Å². The maximum Gasteiger partial charge on any atom is 0.331 e. The molecule has 3 aromatic carbocycles. The van der Waals surface area contributed by atoms with Crippen LogP contribution < -0.4 is 0 Å². The number of allylic oxidation sites excluding steroid dienone is 3. The van der Waals surface area contributed by atoms with E-state index < -0.39 is 5.97 Å². The minimum absolute atomic E-state index is 0.209. The Hall–Kier alpha value is -3.72. The molecule has 1 unspecified atom stereocenters. The summed E-state index contributed by atoms with van der Waals surface area (Å²) in [6.45, 7) is 1.95. The molecule has 4 aromatic rings. The highest BCUT2D eigenvalue weighted by Gasteiger charge is 2.23. The van der Waals surface area contributed by atoms with Crippen LogP contribution in [0.4, 0.5) is 0 Å². The Bertz CT molecular complexity index is 1410. The lowest BCUT2D eigenvalue weighted by atomic mass is 9.80. The molecule has 1 heterocycles.